The molecule has 1 fully saturated rings. The Balaban J connectivity index is 1.52. The second-order valence-corrected chi connectivity index (χ2v) is 7.80. The van der Waals surface area contributed by atoms with Crippen LogP contribution in [0.3, 0.4) is 0 Å². The van der Waals surface area contributed by atoms with E-state index in [1.54, 1.807) is 19.2 Å². The van der Waals surface area contributed by atoms with E-state index >= 15 is 0 Å². The van der Waals surface area contributed by atoms with Gasteiger partial charge >= 0.3 is 6.18 Å². The lowest BCUT2D eigenvalue weighted by atomic mass is 9.95. The van der Waals surface area contributed by atoms with E-state index < -0.39 is 12.8 Å². The molecule has 3 rings (SSSR count). The number of rotatable bonds is 8. The van der Waals surface area contributed by atoms with Crippen LogP contribution in [0.2, 0.25) is 0 Å². The Morgan fingerprint density at radius 1 is 1.23 bits per heavy atom. The zero-order chi connectivity index (χ0) is 22.6. The third-order valence-corrected chi connectivity index (χ3v) is 4.95. The second-order valence-electron chi connectivity index (χ2n) is 7.80. The van der Waals surface area contributed by atoms with Crippen LogP contribution in [0.1, 0.15) is 39.5 Å². The SMILES string of the molecule is CC(=O)N[C@@H](C)COC1CCC(Oc2ccc3nc(OCC(F)(F)F)n(C)c3n2)CC1. The van der Waals surface area contributed by atoms with Crippen LogP contribution < -0.4 is 14.8 Å². The molecule has 0 aliphatic heterocycles. The van der Waals surface area contributed by atoms with E-state index in [9.17, 15) is 18.0 Å². The minimum atomic E-state index is -4.44. The Morgan fingerprint density at radius 2 is 1.90 bits per heavy atom. The van der Waals surface area contributed by atoms with E-state index in [1.807, 2.05) is 6.92 Å². The topological polar surface area (TPSA) is 87.5 Å². The van der Waals surface area contributed by atoms with Crippen molar-refractivity contribution in [2.45, 2.75) is 64.0 Å². The van der Waals surface area contributed by atoms with Gasteiger partial charge in [-0.25, -0.2) is 0 Å². The third kappa shape index (κ3) is 6.71. The maximum Gasteiger partial charge on any atom is 0.422 e. The van der Waals surface area contributed by atoms with Crippen LogP contribution in [0.4, 0.5) is 13.2 Å². The van der Waals surface area contributed by atoms with Crippen LogP contribution >= 0.6 is 0 Å². The number of carbonyl (C=O) groups excluding carboxylic acids is 1. The van der Waals surface area contributed by atoms with Crippen LogP contribution in [-0.2, 0) is 16.6 Å². The molecule has 2 aromatic heterocycles. The van der Waals surface area contributed by atoms with E-state index in [0.29, 0.717) is 23.7 Å². The number of carbonyl (C=O) groups is 1. The van der Waals surface area contributed by atoms with Gasteiger partial charge in [0.1, 0.15) is 11.6 Å². The van der Waals surface area contributed by atoms with E-state index in [1.165, 1.54) is 11.5 Å². The molecule has 2 heterocycles. The van der Waals surface area contributed by atoms with E-state index in [0.717, 1.165) is 25.7 Å². The van der Waals surface area contributed by atoms with Gasteiger partial charge < -0.3 is 19.5 Å². The lowest BCUT2D eigenvalue weighted by Crippen LogP contribution is -2.36. The zero-order valence-corrected chi connectivity index (χ0v) is 17.7. The number of nitrogens with zero attached hydrogens (tertiary/aromatic N) is 3. The Bertz CT molecular complexity index is 894. The number of fused-ring (bicyclic) bond motifs is 1. The Morgan fingerprint density at radius 3 is 2.55 bits per heavy atom. The second kappa shape index (κ2) is 9.71. The number of hydrogen-bond acceptors (Lipinski definition) is 6. The fourth-order valence-corrected chi connectivity index (χ4v) is 3.52. The molecule has 31 heavy (non-hydrogen) atoms. The van der Waals surface area contributed by atoms with Gasteiger partial charge in [-0.3, -0.25) is 9.36 Å². The van der Waals surface area contributed by atoms with Crippen molar-refractivity contribution in [2.75, 3.05) is 13.2 Å². The first kappa shape index (κ1) is 23.1. The Labute approximate surface area is 178 Å². The number of ether oxygens (including phenoxy) is 3. The van der Waals surface area contributed by atoms with E-state index in [4.69, 9.17) is 14.2 Å². The fourth-order valence-electron chi connectivity index (χ4n) is 3.52. The molecular formula is C20H27F3N4O4. The number of imidazole rings is 1. The summed E-state index contributed by atoms with van der Waals surface area (Å²) in [6.45, 7) is 2.43. The third-order valence-electron chi connectivity index (χ3n) is 4.95. The summed E-state index contributed by atoms with van der Waals surface area (Å²) in [6.07, 6.45) is -1.08. The average Bonchev–Trinajstić information content (AvgIpc) is 3.00. The van der Waals surface area contributed by atoms with Crippen LogP contribution in [0.5, 0.6) is 11.9 Å². The quantitative estimate of drug-likeness (QED) is 0.673. The first-order chi connectivity index (χ1) is 14.6. The molecule has 8 nitrogen and oxygen atoms in total. The number of hydrogen-bond donors (Lipinski definition) is 1. The van der Waals surface area contributed by atoms with Crippen LogP contribution in [0.25, 0.3) is 11.2 Å². The molecule has 0 radical (unpaired) electrons. The predicted molar refractivity (Wildman–Crippen MR) is 106 cm³/mol. The number of halogens is 3. The van der Waals surface area contributed by atoms with Crippen LogP contribution in [0, 0.1) is 0 Å². The molecule has 0 bridgehead atoms. The van der Waals surface area contributed by atoms with Crippen molar-refractivity contribution in [2.24, 2.45) is 7.05 Å². The summed E-state index contributed by atoms with van der Waals surface area (Å²) in [6, 6.07) is 3.12. The van der Waals surface area contributed by atoms with Gasteiger partial charge in [-0.1, -0.05) is 0 Å². The molecule has 0 saturated heterocycles. The Kier molecular flexibility index (Phi) is 7.24. The maximum atomic E-state index is 12.4. The first-order valence-corrected chi connectivity index (χ1v) is 10.2. The lowest BCUT2D eigenvalue weighted by molar-refractivity contribution is -0.155. The number of aromatic nitrogens is 3. The number of pyridine rings is 1. The maximum absolute atomic E-state index is 12.4. The largest absolute Gasteiger partial charge is 0.474 e. The smallest absolute Gasteiger partial charge is 0.422 e. The number of alkyl halides is 3. The lowest BCUT2D eigenvalue weighted by Gasteiger charge is -2.29. The molecule has 1 N–H and O–H groups in total. The summed E-state index contributed by atoms with van der Waals surface area (Å²) in [4.78, 5) is 19.5. The molecule has 0 spiro atoms. The monoisotopic (exact) mass is 444 g/mol. The van der Waals surface area contributed by atoms with Crippen molar-refractivity contribution >= 4 is 17.1 Å². The van der Waals surface area contributed by atoms with Crippen LogP contribution in [-0.4, -0.2) is 58.1 Å². The normalized spacial score (nSPS) is 20.5. The molecule has 1 aliphatic rings. The zero-order valence-electron chi connectivity index (χ0n) is 17.7. The van der Waals surface area contributed by atoms with Crippen molar-refractivity contribution in [3.63, 3.8) is 0 Å². The van der Waals surface area contributed by atoms with Gasteiger partial charge in [0, 0.05) is 26.1 Å². The highest BCUT2D eigenvalue weighted by Crippen LogP contribution is 2.27. The van der Waals surface area contributed by atoms with Crippen molar-refractivity contribution in [3.8, 4) is 11.9 Å². The van der Waals surface area contributed by atoms with Crippen LogP contribution in [0.15, 0.2) is 12.1 Å². The molecular weight excluding hydrogens is 417 g/mol. The van der Waals surface area contributed by atoms with Gasteiger partial charge in [0.15, 0.2) is 12.3 Å². The highest BCUT2D eigenvalue weighted by Gasteiger charge is 2.29. The number of nitrogens with one attached hydrogen (secondary N) is 1. The number of aryl methyl sites for hydroxylation is 1. The molecule has 2 aromatic rings. The predicted octanol–water partition coefficient (Wildman–Crippen LogP) is 3.14. The molecule has 1 amide bonds. The van der Waals surface area contributed by atoms with Gasteiger partial charge in [0.2, 0.25) is 11.8 Å². The Hall–Kier alpha value is -2.56. The minimum Gasteiger partial charge on any atom is -0.474 e. The van der Waals surface area contributed by atoms with Gasteiger partial charge in [0.05, 0.1) is 12.7 Å². The van der Waals surface area contributed by atoms with Gasteiger partial charge in [-0.05, 0) is 38.7 Å². The summed E-state index contributed by atoms with van der Waals surface area (Å²) in [5.41, 5.74) is 0.816. The molecule has 0 aromatic carbocycles. The molecule has 1 atom stereocenters. The average molecular weight is 444 g/mol. The molecule has 11 heteroatoms. The van der Waals surface area contributed by atoms with E-state index in [2.05, 4.69) is 15.3 Å². The molecule has 172 valence electrons. The molecule has 1 saturated carbocycles. The summed E-state index contributed by atoms with van der Waals surface area (Å²) in [7, 11) is 1.54. The molecule has 1 aliphatic carbocycles. The number of amides is 1. The fraction of sp³-hybridized carbons (Fsp3) is 0.650. The highest BCUT2D eigenvalue weighted by molar-refractivity contribution is 5.73. The molecule has 0 unspecified atom stereocenters. The van der Waals surface area contributed by atoms with E-state index in [-0.39, 0.29) is 30.2 Å². The van der Waals surface area contributed by atoms with Crippen molar-refractivity contribution in [3.05, 3.63) is 12.1 Å². The first-order valence-electron chi connectivity index (χ1n) is 10.2. The minimum absolute atomic E-state index is 0.0215. The van der Waals surface area contributed by atoms with Gasteiger partial charge in [-0.15, -0.1) is 0 Å². The summed E-state index contributed by atoms with van der Waals surface area (Å²) >= 11 is 0. The standard InChI is InChI=1S/C20H27F3N4O4/c1-12(24-13(2)28)10-29-14-4-6-15(7-5-14)31-17-9-8-16-18(26-17)27(3)19(25-16)30-11-20(21,22)23/h8-9,12,14-15H,4-7,10-11H2,1-3H3,(H,24,28)/t12-,14?,15?/m0/s1. The van der Waals surface area contributed by atoms with Gasteiger partial charge in [0.25, 0.3) is 6.01 Å². The highest BCUT2D eigenvalue weighted by atomic mass is 19.4. The summed E-state index contributed by atoms with van der Waals surface area (Å²) < 4.78 is 55.2. The summed E-state index contributed by atoms with van der Waals surface area (Å²) in [5.74, 6) is 0.312. The van der Waals surface area contributed by atoms with Gasteiger partial charge in [-0.2, -0.15) is 23.1 Å². The van der Waals surface area contributed by atoms with Crippen molar-refractivity contribution in [1.29, 1.82) is 0 Å². The van der Waals surface area contributed by atoms with Crippen molar-refractivity contribution in [1.82, 2.24) is 19.9 Å². The summed E-state index contributed by atoms with van der Waals surface area (Å²) in [5, 5.41) is 2.79. The van der Waals surface area contributed by atoms with Crippen molar-refractivity contribution < 1.29 is 32.2 Å².